The molecule has 0 N–H and O–H groups in total. The van der Waals surface area contributed by atoms with Crippen LogP contribution in [0.1, 0.15) is 15.9 Å². The third-order valence-electron chi connectivity index (χ3n) is 2.81. The number of carbonyl (C=O) groups excluding carboxylic acids is 1. The number of amides is 1. The van der Waals surface area contributed by atoms with Crippen molar-refractivity contribution in [1.82, 2.24) is 9.88 Å². The van der Waals surface area contributed by atoms with E-state index in [2.05, 4.69) is 4.98 Å². The molecule has 1 heterocycles. The van der Waals surface area contributed by atoms with E-state index in [1.807, 2.05) is 24.3 Å². The summed E-state index contributed by atoms with van der Waals surface area (Å²) in [6, 6.07) is 11.2. The number of carbonyl (C=O) groups is 1. The Morgan fingerprint density at radius 2 is 2.16 bits per heavy atom. The number of aromatic nitrogens is 1. The van der Waals surface area contributed by atoms with Gasteiger partial charge in [0.15, 0.2) is 0 Å². The maximum atomic E-state index is 12.2. The minimum Gasteiger partial charge on any atom is -0.497 e. The zero-order valence-electron chi connectivity index (χ0n) is 11.0. The first-order chi connectivity index (χ1) is 9.20. The van der Waals surface area contributed by atoms with E-state index in [1.54, 1.807) is 43.6 Å². The number of nitrogens with zero attached hydrogens (tertiary/aromatic N) is 2. The molecule has 1 aromatic heterocycles. The minimum absolute atomic E-state index is 0.0454. The lowest BCUT2D eigenvalue weighted by Crippen LogP contribution is -2.26. The molecule has 0 spiro atoms. The molecule has 2 rings (SSSR count). The van der Waals surface area contributed by atoms with Crippen molar-refractivity contribution >= 4 is 5.91 Å². The predicted molar refractivity (Wildman–Crippen MR) is 73.0 cm³/mol. The van der Waals surface area contributed by atoms with Crippen LogP contribution >= 0.6 is 0 Å². The Bertz CT molecular complexity index is 555. The number of hydrogen-bond acceptors (Lipinski definition) is 3. The average Bonchev–Trinajstić information content (AvgIpc) is 2.47. The molecule has 0 unspecified atom stereocenters. The molecule has 2 aromatic rings. The first kappa shape index (κ1) is 13.1. The smallest absolute Gasteiger partial charge is 0.255 e. The van der Waals surface area contributed by atoms with Crippen LogP contribution in [-0.4, -0.2) is 29.9 Å². The standard InChI is InChI=1S/C15H16N2O2/c1-17(15(18)13-6-4-8-16-10-13)11-12-5-3-7-14(9-12)19-2/h3-10H,11H2,1-2H3. The van der Waals surface area contributed by atoms with Crippen molar-refractivity contribution in [3.63, 3.8) is 0 Å². The molecule has 1 aromatic carbocycles. The molecular formula is C15H16N2O2. The van der Waals surface area contributed by atoms with Crippen LogP contribution in [0.15, 0.2) is 48.8 Å². The van der Waals surface area contributed by atoms with Crippen molar-refractivity contribution < 1.29 is 9.53 Å². The Labute approximate surface area is 112 Å². The molecule has 0 aliphatic carbocycles. The summed E-state index contributed by atoms with van der Waals surface area (Å²) in [5, 5.41) is 0. The van der Waals surface area contributed by atoms with Crippen molar-refractivity contribution in [3.05, 3.63) is 59.9 Å². The summed E-state index contributed by atoms with van der Waals surface area (Å²) in [7, 11) is 3.40. The van der Waals surface area contributed by atoms with Crippen LogP contribution in [0.3, 0.4) is 0 Å². The zero-order valence-corrected chi connectivity index (χ0v) is 11.0. The fourth-order valence-electron chi connectivity index (χ4n) is 1.83. The number of ether oxygens (including phenoxy) is 1. The second kappa shape index (κ2) is 6.00. The van der Waals surface area contributed by atoms with E-state index in [1.165, 1.54) is 0 Å². The maximum absolute atomic E-state index is 12.2. The summed E-state index contributed by atoms with van der Waals surface area (Å²) in [5.74, 6) is 0.746. The fraction of sp³-hybridized carbons (Fsp3) is 0.200. The molecule has 19 heavy (non-hydrogen) atoms. The van der Waals surface area contributed by atoms with Gasteiger partial charge < -0.3 is 9.64 Å². The molecule has 0 bridgehead atoms. The molecule has 0 saturated heterocycles. The molecule has 4 heteroatoms. The van der Waals surface area contributed by atoms with E-state index in [0.29, 0.717) is 12.1 Å². The Kier molecular flexibility index (Phi) is 4.13. The first-order valence-electron chi connectivity index (χ1n) is 5.99. The van der Waals surface area contributed by atoms with Gasteiger partial charge in [-0.25, -0.2) is 0 Å². The second-order valence-corrected chi connectivity index (χ2v) is 4.25. The third-order valence-corrected chi connectivity index (χ3v) is 2.81. The van der Waals surface area contributed by atoms with E-state index in [0.717, 1.165) is 11.3 Å². The van der Waals surface area contributed by atoms with Crippen LogP contribution in [0.25, 0.3) is 0 Å². The van der Waals surface area contributed by atoms with Gasteiger partial charge in [-0.1, -0.05) is 12.1 Å². The Balaban J connectivity index is 2.08. The predicted octanol–water partition coefficient (Wildman–Crippen LogP) is 2.36. The summed E-state index contributed by atoms with van der Waals surface area (Å²) in [5.41, 5.74) is 1.62. The average molecular weight is 256 g/mol. The lowest BCUT2D eigenvalue weighted by atomic mass is 10.2. The number of hydrogen-bond donors (Lipinski definition) is 0. The van der Waals surface area contributed by atoms with Crippen LogP contribution in [0, 0.1) is 0 Å². The van der Waals surface area contributed by atoms with Gasteiger partial charge in [0, 0.05) is 26.0 Å². The van der Waals surface area contributed by atoms with Crippen LogP contribution < -0.4 is 4.74 Å². The molecule has 4 nitrogen and oxygen atoms in total. The minimum atomic E-state index is -0.0454. The van der Waals surface area contributed by atoms with Gasteiger partial charge >= 0.3 is 0 Å². The van der Waals surface area contributed by atoms with Crippen molar-refractivity contribution in [2.75, 3.05) is 14.2 Å². The molecule has 0 fully saturated rings. The number of methoxy groups -OCH3 is 1. The highest BCUT2D eigenvalue weighted by Gasteiger charge is 2.12. The quantitative estimate of drug-likeness (QED) is 0.843. The largest absolute Gasteiger partial charge is 0.497 e. The Morgan fingerprint density at radius 3 is 2.84 bits per heavy atom. The topological polar surface area (TPSA) is 42.4 Å². The molecule has 0 aliphatic heterocycles. The van der Waals surface area contributed by atoms with E-state index < -0.39 is 0 Å². The molecule has 0 radical (unpaired) electrons. The van der Waals surface area contributed by atoms with Gasteiger partial charge in [0.25, 0.3) is 5.91 Å². The number of benzene rings is 1. The Morgan fingerprint density at radius 1 is 1.32 bits per heavy atom. The second-order valence-electron chi connectivity index (χ2n) is 4.25. The molecule has 0 aliphatic rings. The van der Waals surface area contributed by atoms with Gasteiger partial charge in [-0.2, -0.15) is 0 Å². The molecule has 1 amide bonds. The van der Waals surface area contributed by atoms with Crippen LogP contribution in [-0.2, 0) is 6.54 Å². The summed E-state index contributed by atoms with van der Waals surface area (Å²) in [6.07, 6.45) is 3.23. The van der Waals surface area contributed by atoms with Crippen LogP contribution in [0.2, 0.25) is 0 Å². The number of pyridine rings is 1. The van der Waals surface area contributed by atoms with E-state index in [-0.39, 0.29) is 5.91 Å². The highest BCUT2D eigenvalue weighted by Crippen LogP contribution is 2.14. The van der Waals surface area contributed by atoms with Gasteiger partial charge in [0.05, 0.1) is 12.7 Å². The van der Waals surface area contributed by atoms with Gasteiger partial charge in [-0.15, -0.1) is 0 Å². The van der Waals surface area contributed by atoms with Crippen LogP contribution in [0.4, 0.5) is 0 Å². The van der Waals surface area contributed by atoms with Gasteiger partial charge in [-0.3, -0.25) is 9.78 Å². The van der Waals surface area contributed by atoms with E-state index in [9.17, 15) is 4.79 Å². The lowest BCUT2D eigenvalue weighted by Gasteiger charge is -2.17. The van der Waals surface area contributed by atoms with Crippen molar-refractivity contribution in [2.45, 2.75) is 6.54 Å². The summed E-state index contributed by atoms with van der Waals surface area (Å²) < 4.78 is 5.17. The van der Waals surface area contributed by atoms with Crippen molar-refractivity contribution in [1.29, 1.82) is 0 Å². The summed E-state index contributed by atoms with van der Waals surface area (Å²) in [4.78, 5) is 17.8. The molecular weight excluding hydrogens is 240 g/mol. The third kappa shape index (κ3) is 3.31. The van der Waals surface area contributed by atoms with Gasteiger partial charge in [0.2, 0.25) is 0 Å². The summed E-state index contributed by atoms with van der Waals surface area (Å²) in [6.45, 7) is 0.533. The van der Waals surface area contributed by atoms with Gasteiger partial charge in [0.1, 0.15) is 5.75 Å². The summed E-state index contributed by atoms with van der Waals surface area (Å²) >= 11 is 0. The lowest BCUT2D eigenvalue weighted by molar-refractivity contribution is 0.0784. The van der Waals surface area contributed by atoms with Gasteiger partial charge in [-0.05, 0) is 29.8 Å². The first-order valence-corrected chi connectivity index (χ1v) is 5.99. The Hall–Kier alpha value is -2.36. The van der Waals surface area contributed by atoms with Crippen molar-refractivity contribution in [2.24, 2.45) is 0 Å². The van der Waals surface area contributed by atoms with Crippen molar-refractivity contribution in [3.8, 4) is 5.75 Å². The monoisotopic (exact) mass is 256 g/mol. The maximum Gasteiger partial charge on any atom is 0.255 e. The van der Waals surface area contributed by atoms with E-state index in [4.69, 9.17) is 4.74 Å². The fourth-order valence-corrected chi connectivity index (χ4v) is 1.83. The number of rotatable bonds is 4. The SMILES string of the molecule is COc1cccc(CN(C)C(=O)c2cccnc2)c1. The highest BCUT2D eigenvalue weighted by molar-refractivity contribution is 5.93. The highest BCUT2D eigenvalue weighted by atomic mass is 16.5. The van der Waals surface area contributed by atoms with Crippen LogP contribution in [0.5, 0.6) is 5.75 Å². The van der Waals surface area contributed by atoms with E-state index >= 15 is 0 Å². The molecule has 0 atom stereocenters. The molecule has 98 valence electrons. The molecule has 0 saturated carbocycles. The zero-order chi connectivity index (χ0) is 13.7. The normalized spacial score (nSPS) is 10.0.